The van der Waals surface area contributed by atoms with Gasteiger partial charge in [-0.2, -0.15) is 0 Å². The van der Waals surface area contributed by atoms with Crippen molar-refractivity contribution in [1.29, 1.82) is 0 Å². The zero-order chi connectivity index (χ0) is 42.2. The second kappa shape index (κ2) is 14.6. The minimum atomic E-state index is -0.604. The van der Waals surface area contributed by atoms with Crippen molar-refractivity contribution in [1.82, 2.24) is 9.88 Å². The summed E-state index contributed by atoms with van der Waals surface area (Å²) >= 11 is 1.88. The smallest absolute Gasteiger partial charge is 0.169 e. The number of nitrogens with zero attached hydrogens (tertiary/aromatic N) is 4. The Balaban J connectivity index is 1.06. The monoisotopic (exact) mass is 837 g/mol. The number of nitrogens with one attached hydrogen (secondary N) is 1. The summed E-state index contributed by atoms with van der Waals surface area (Å²) in [4.78, 5) is 15.5. The maximum atomic E-state index is 5.25. The SMILES string of the molecule is c1ccc(C2=NC(c3cccc(-n4c5ccccc5c5cc6c(cc54)C4(c5ccccc5S6)c5ccccc5N(c5ccccc5)c5ccccc54)c3)N=C(c3ccccc3)N2)cc1. The highest BCUT2D eigenvalue weighted by molar-refractivity contribution is 7.99. The molecule has 9 aromatic carbocycles. The first kappa shape index (κ1) is 36.7. The minimum Gasteiger partial charge on any atom is -0.324 e. The molecule has 1 aromatic heterocycles. The van der Waals surface area contributed by atoms with E-state index in [0.29, 0.717) is 0 Å². The first-order chi connectivity index (χ1) is 31.7. The number of fused-ring (bicyclic) bond motifs is 11. The molecule has 302 valence electrons. The van der Waals surface area contributed by atoms with Gasteiger partial charge in [-0.05, 0) is 82.9 Å². The van der Waals surface area contributed by atoms with Crippen LogP contribution >= 0.6 is 11.8 Å². The molecule has 0 fully saturated rings. The van der Waals surface area contributed by atoms with Crippen molar-refractivity contribution in [3.8, 4) is 5.69 Å². The van der Waals surface area contributed by atoms with Crippen molar-refractivity contribution in [2.75, 3.05) is 4.90 Å². The number of hydrogen-bond donors (Lipinski definition) is 1. The summed E-state index contributed by atoms with van der Waals surface area (Å²) in [6.07, 6.45) is -0.452. The second-order valence-corrected chi connectivity index (χ2v) is 17.6. The molecule has 6 heteroatoms. The van der Waals surface area contributed by atoms with E-state index in [2.05, 4.69) is 227 Å². The highest BCUT2D eigenvalue weighted by atomic mass is 32.2. The van der Waals surface area contributed by atoms with Gasteiger partial charge in [-0.1, -0.05) is 176 Å². The zero-order valence-electron chi connectivity index (χ0n) is 34.6. The lowest BCUT2D eigenvalue weighted by molar-refractivity contribution is 0.693. The fourth-order valence-electron chi connectivity index (χ4n) is 10.4. The normalized spacial score (nSPS) is 14.8. The molecule has 0 amide bonds. The van der Waals surface area contributed by atoms with Gasteiger partial charge in [0.2, 0.25) is 0 Å². The first-order valence-electron chi connectivity index (χ1n) is 21.8. The summed E-state index contributed by atoms with van der Waals surface area (Å²) in [7, 11) is 0. The zero-order valence-corrected chi connectivity index (χ0v) is 35.5. The lowest BCUT2D eigenvalue weighted by atomic mass is 9.62. The van der Waals surface area contributed by atoms with Crippen LogP contribution in [0.2, 0.25) is 0 Å². The highest BCUT2D eigenvalue weighted by Gasteiger charge is 2.50. The van der Waals surface area contributed by atoms with Crippen LogP contribution in [-0.2, 0) is 5.41 Å². The van der Waals surface area contributed by atoms with Gasteiger partial charge in [0.05, 0.1) is 27.8 Å². The van der Waals surface area contributed by atoms with Gasteiger partial charge < -0.3 is 14.8 Å². The van der Waals surface area contributed by atoms with Crippen molar-refractivity contribution in [2.45, 2.75) is 21.4 Å². The van der Waals surface area contributed by atoms with Gasteiger partial charge in [-0.25, -0.2) is 9.98 Å². The molecule has 13 rings (SSSR count). The van der Waals surface area contributed by atoms with Gasteiger partial charge in [0.15, 0.2) is 6.17 Å². The van der Waals surface area contributed by atoms with Crippen LogP contribution in [0.3, 0.4) is 0 Å². The summed E-state index contributed by atoms with van der Waals surface area (Å²) in [6.45, 7) is 0. The van der Waals surface area contributed by atoms with Crippen LogP contribution in [0.4, 0.5) is 17.1 Å². The molecule has 5 nitrogen and oxygen atoms in total. The van der Waals surface area contributed by atoms with Gasteiger partial charge in [0.1, 0.15) is 11.7 Å². The van der Waals surface area contributed by atoms with Gasteiger partial charge in [0.25, 0.3) is 0 Å². The molecule has 0 bridgehead atoms. The van der Waals surface area contributed by atoms with Crippen molar-refractivity contribution < 1.29 is 0 Å². The number of amidine groups is 2. The molecule has 0 radical (unpaired) electrons. The number of hydrogen-bond acceptors (Lipinski definition) is 5. The third-order valence-electron chi connectivity index (χ3n) is 13.1. The van der Waals surface area contributed by atoms with Crippen molar-refractivity contribution in [2.24, 2.45) is 9.98 Å². The molecule has 1 N–H and O–H groups in total. The summed E-state index contributed by atoms with van der Waals surface area (Å²) in [5.74, 6) is 1.60. The average Bonchev–Trinajstić information content (AvgIpc) is 3.69. The van der Waals surface area contributed by atoms with Crippen LogP contribution in [0.5, 0.6) is 0 Å². The molecule has 0 aliphatic carbocycles. The number of para-hydroxylation sites is 4. The van der Waals surface area contributed by atoms with E-state index in [9.17, 15) is 0 Å². The maximum Gasteiger partial charge on any atom is 0.169 e. The van der Waals surface area contributed by atoms with Crippen LogP contribution in [0.15, 0.2) is 244 Å². The number of rotatable bonds is 5. The van der Waals surface area contributed by atoms with Crippen molar-refractivity contribution >= 4 is 62.3 Å². The Bertz CT molecular complexity index is 3420. The summed E-state index contributed by atoms with van der Waals surface area (Å²) in [6, 6.07) is 81.2. The topological polar surface area (TPSA) is 44.9 Å². The molecular formula is C58H39N5S. The van der Waals surface area contributed by atoms with Crippen LogP contribution < -0.4 is 10.2 Å². The van der Waals surface area contributed by atoms with E-state index in [-0.39, 0.29) is 0 Å². The molecule has 0 saturated carbocycles. The molecule has 1 spiro atoms. The second-order valence-electron chi connectivity index (χ2n) is 16.6. The molecule has 3 aliphatic rings. The van der Waals surface area contributed by atoms with Gasteiger partial charge >= 0.3 is 0 Å². The van der Waals surface area contributed by atoms with Crippen LogP contribution in [0, 0.1) is 0 Å². The molecule has 10 aromatic rings. The largest absolute Gasteiger partial charge is 0.324 e. The lowest BCUT2D eigenvalue weighted by Gasteiger charge is -2.49. The van der Waals surface area contributed by atoms with E-state index in [4.69, 9.17) is 9.98 Å². The Morgan fingerprint density at radius 1 is 0.422 bits per heavy atom. The Labute approximate surface area is 375 Å². The first-order valence-corrected chi connectivity index (χ1v) is 22.6. The highest BCUT2D eigenvalue weighted by Crippen LogP contribution is 2.63. The molecule has 64 heavy (non-hydrogen) atoms. The molecule has 0 atom stereocenters. The molecule has 0 unspecified atom stereocenters. The lowest BCUT2D eigenvalue weighted by Crippen LogP contribution is -2.39. The fraction of sp³-hybridized carbons (Fsp3) is 0.0345. The van der Waals surface area contributed by atoms with Crippen molar-refractivity contribution in [3.63, 3.8) is 0 Å². The van der Waals surface area contributed by atoms with Gasteiger partial charge in [-0.15, -0.1) is 0 Å². The predicted octanol–water partition coefficient (Wildman–Crippen LogP) is 13.9. The third-order valence-corrected chi connectivity index (χ3v) is 14.2. The minimum absolute atomic E-state index is 0.452. The Morgan fingerprint density at radius 2 is 0.984 bits per heavy atom. The fourth-order valence-corrected chi connectivity index (χ4v) is 11.6. The Kier molecular flexibility index (Phi) is 8.36. The van der Waals surface area contributed by atoms with E-state index in [1.54, 1.807) is 0 Å². The standard InChI is InChI=1S/C58H39N5S/c1-4-19-38(20-5-1)55-59-56(39-21-6-2-7-22-39)61-57(60-55)40-23-18-26-42(35-40)63-49-31-14-10-27-43(49)44-36-54-48(37-52(44)63)58(47-30-13-17-34-53(47)64-54)45-28-11-15-32-50(45)62(41-24-8-3-9-25-41)51-33-16-12-29-46(51)58/h1-37,57H,(H,59,60,61). The number of anilines is 3. The predicted molar refractivity (Wildman–Crippen MR) is 263 cm³/mol. The average molecular weight is 838 g/mol. The third kappa shape index (κ3) is 5.52. The van der Waals surface area contributed by atoms with Crippen LogP contribution in [0.25, 0.3) is 27.5 Å². The van der Waals surface area contributed by atoms with Gasteiger partial charge in [0, 0.05) is 48.6 Å². The van der Waals surface area contributed by atoms with E-state index >= 15 is 0 Å². The van der Waals surface area contributed by atoms with E-state index in [0.717, 1.165) is 50.8 Å². The number of aromatic nitrogens is 1. The summed E-state index contributed by atoms with van der Waals surface area (Å²) in [5, 5.41) is 6.00. The molecule has 3 aliphatic heterocycles. The van der Waals surface area contributed by atoms with Crippen molar-refractivity contribution in [3.05, 3.63) is 263 Å². The summed E-state index contributed by atoms with van der Waals surface area (Å²) in [5.41, 5.74) is 14.4. The van der Waals surface area contributed by atoms with E-state index < -0.39 is 11.6 Å². The molecule has 0 saturated heterocycles. The van der Waals surface area contributed by atoms with Crippen LogP contribution in [-0.4, -0.2) is 16.2 Å². The van der Waals surface area contributed by atoms with Crippen LogP contribution in [0.1, 0.15) is 45.1 Å². The molecule has 4 heterocycles. The van der Waals surface area contributed by atoms with E-state index in [1.807, 2.05) is 23.9 Å². The Morgan fingerprint density at radius 3 is 1.67 bits per heavy atom. The summed E-state index contributed by atoms with van der Waals surface area (Å²) < 4.78 is 2.45. The quantitative estimate of drug-likeness (QED) is 0.188. The maximum absolute atomic E-state index is 5.25. The van der Waals surface area contributed by atoms with Gasteiger partial charge in [-0.3, -0.25) is 0 Å². The van der Waals surface area contributed by atoms with E-state index in [1.165, 1.54) is 54.2 Å². The number of benzene rings is 9. The Hall–Kier alpha value is -7.93. The number of aliphatic imine (C=N–C) groups is 2. The molecular weight excluding hydrogens is 799 g/mol.